The Kier molecular flexibility index (Phi) is 8.36. The van der Waals surface area contributed by atoms with Gasteiger partial charge in [-0.2, -0.15) is 0 Å². The third-order valence-corrected chi connectivity index (χ3v) is 8.71. The first-order valence-corrected chi connectivity index (χ1v) is 13.0. The molecule has 2 N–H and O–H groups in total. The average Bonchev–Trinajstić information content (AvgIpc) is 2.80. The Balaban J connectivity index is 1.66. The molecule has 0 spiro atoms. The van der Waals surface area contributed by atoms with E-state index in [2.05, 4.69) is 20.5 Å². The lowest BCUT2D eigenvalue weighted by Crippen LogP contribution is -2.59. The third-order valence-electron chi connectivity index (χ3n) is 6.80. The van der Waals surface area contributed by atoms with Crippen LogP contribution in [0.3, 0.4) is 0 Å². The average molecular weight is 450 g/mol. The van der Waals surface area contributed by atoms with Crippen molar-refractivity contribution in [3.8, 4) is 0 Å². The second kappa shape index (κ2) is 10.8. The van der Waals surface area contributed by atoms with Crippen LogP contribution in [0.1, 0.15) is 56.9 Å². The predicted octanol–water partition coefficient (Wildman–Crippen LogP) is 2.79. The topological polar surface area (TPSA) is 77.0 Å². The van der Waals surface area contributed by atoms with Gasteiger partial charge < -0.3 is 10.6 Å². The van der Waals surface area contributed by atoms with E-state index in [1.807, 2.05) is 12.1 Å². The molecule has 0 amide bonds. The van der Waals surface area contributed by atoms with Crippen molar-refractivity contribution < 1.29 is 8.42 Å². The van der Waals surface area contributed by atoms with Crippen LogP contribution in [0.15, 0.2) is 34.2 Å². The molecular weight excluding hydrogens is 410 g/mol. The van der Waals surface area contributed by atoms with Gasteiger partial charge in [-0.05, 0) is 50.4 Å². The van der Waals surface area contributed by atoms with E-state index in [9.17, 15) is 8.42 Å². The van der Waals surface area contributed by atoms with Gasteiger partial charge in [-0.3, -0.25) is 9.89 Å². The number of sulfonamides is 1. The van der Waals surface area contributed by atoms with Gasteiger partial charge in [0.25, 0.3) is 0 Å². The SMILES string of the molecule is CN=C(NCc1ccccc1S(=O)(=O)N(C)C)NCC1(N2CCCCC2)CCCCC1. The number of rotatable bonds is 7. The maximum atomic E-state index is 12.7. The van der Waals surface area contributed by atoms with E-state index in [0.29, 0.717) is 11.4 Å². The Bertz CT molecular complexity index is 841. The summed E-state index contributed by atoms with van der Waals surface area (Å²) < 4.78 is 26.6. The maximum Gasteiger partial charge on any atom is 0.242 e. The van der Waals surface area contributed by atoms with Crippen LogP contribution in [0, 0.1) is 0 Å². The van der Waals surface area contributed by atoms with Crippen LogP contribution in [0.25, 0.3) is 0 Å². The molecule has 31 heavy (non-hydrogen) atoms. The summed E-state index contributed by atoms with van der Waals surface area (Å²) in [5.74, 6) is 0.721. The zero-order valence-electron chi connectivity index (χ0n) is 19.4. The molecule has 1 saturated carbocycles. The van der Waals surface area contributed by atoms with E-state index in [1.54, 1.807) is 33.3 Å². The molecule has 1 aromatic rings. The van der Waals surface area contributed by atoms with E-state index >= 15 is 0 Å². The Morgan fingerprint density at radius 1 is 1.03 bits per heavy atom. The highest BCUT2D eigenvalue weighted by Crippen LogP contribution is 2.35. The number of hydrogen-bond acceptors (Lipinski definition) is 4. The molecule has 0 radical (unpaired) electrons. The molecule has 0 atom stereocenters. The van der Waals surface area contributed by atoms with Crippen LogP contribution >= 0.6 is 0 Å². The van der Waals surface area contributed by atoms with E-state index in [1.165, 1.54) is 68.8 Å². The molecule has 2 aliphatic rings. The first-order valence-electron chi connectivity index (χ1n) is 11.6. The van der Waals surface area contributed by atoms with Gasteiger partial charge in [0.1, 0.15) is 0 Å². The van der Waals surface area contributed by atoms with Crippen LogP contribution < -0.4 is 10.6 Å². The zero-order valence-corrected chi connectivity index (χ0v) is 20.2. The summed E-state index contributed by atoms with van der Waals surface area (Å²) in [6.07, 6.45) is 10.3. The van der Waals surface area contributed by atoms with Gasteiger partial charge in [-0.1, -0.05) is 43.9 Å². The molecule has 174 valence electrons. The Morgan fingerprint density at radius 2 is 1.68 bits per heavy atom. The second-order valence-corrected chi connectivity index (χ2v) is 11.1. The minimum absolute atomic E-state index is 0.211. The quantitative estimate of drug-likeness (QED) is 0.494. The van der Waals surface area contributed by atoms with Crippen LogP contribution in [-0.4, -0.2) is 69.9 Å². The highest BCUT2D eigenvalue weighted by atomic mass is 32.2. The summed E-state index contributed by atoms with van der Waals surface area (Å²) in [6.45, 7) is 3.68. The smallest absolute Gasteiger partial charge is 0.242 e. The van der Waals surface area contributed by atoms with Gasteiger partial charge in [-0.25, -0.2) is 12.7 Å². The van der Waals surface area contributed by atoms with Gasteiger partial charge in [0.05, 0.1) is 4.90 Å². The fourth-order valence-electron chi connectivity index (χ4n) is 4.93. The number of aliphatic imine (C=N–C) groups is 1. The van der Waals surface area contributed by atoms with Gasteiger partial charge in [0.15, 0.2) is 5.96 Å². The summed E-state index contributed by atoms with van der Waals surface area (Å²) in [7, 11) is 1.40. The highest BCUT2D eigenvalue weighted by Gasteiger charge is 2.38. The molecule has 8 heteroatoms. The summed E-state index contributed by atoms with van der Waals surface area (Å²) in [5, 5.41) is 6.90. The maximum absolute atomic E-state index is 12.7. The van der Waals surface area contributed by atoms with E-state index in [-0.39, 0.29) is 5.54 Å². The molecule has 0 aromatic heterocycles. The zero-order chi connectivity index (χ0) is 22.3. The van der Waals surface area contributed by atoms with Crippen molar-refractivity contribution in [2.45, 2.75) is 68.3 Å². The molecule has 1 aromatic carbocycles. The minimum Gasteiger partial charge on any atom is -0.355 e. The number of likely N-dealkylation sites (tertiary alicyclic amines) is 1. The fourth-order valence-corrected chi connectivity index (χ4v) is 6.04. The lowest BCUT2D eigenvalue weighted by molar-refractivity contribution is 0.0368. The molecule has 3 rings (SSSR count). The Labute approximate surface area is 188 Å². The van der Waals surface area contributed by atoms with Gasteiger partial charge in [0.2, 0.25) is 10.0 Å². The van der Waals surface area contributed by atoms with Crippen molar-refractivity contribution in [1.82, 2.24) is 19.8 Å². The molecule has 1 aliphatic heterocycles. The first kappa shape index (κ1) is 24.0. The second-order valence-electron chi connectivity index (χ2n) is 9.01. The van der Waals surface area contributed by atoms with Crippen LogP contribution in [0.2, 0.25) is 0 Å². The van der Waals surface area contributed by atoms with Gasteiger partial charge in [0, 0.05) is 39.8 Å². The number of benzene rings is 1. The number of nitrogens with one attached hydrogen (secondary N) is 2. The van der Waals surface area contributed by atoms with E-state index in [4.69, 9.17) is 0 Å². The lowest BCUT2D eigenvalue weighted by Gasteiger charge is -2.48. The summed E-state index contributed by atoms with van der Waals surface area (Å²) in [5.41, 5.74) is 0.949. The van der Waals surface area contributed by atoms with Crippen molar-refractivity contribution in [3.05, 3.63) is 29.8 Å². The number of nitrogens with zero attached hydrogens (tertiary/aromatic N) is 3. The molecule has 0 bridgehead atoms. The molecular formula is C23H39N5O2S. The first-order chi connectivity index (χ1) is 14.9. The van der Waals surface area contributed by atoms with Crippen molar-refractivity contribution in [1.29, 1.82) is 0 Å². The summed E-state index contributed by atoms with van der Waals surface area (Å²) in [4.78, 5) is 7.46. The van der Waals surface area contributed by atoms with Crippen molar-refractivity contribution >= 4 is 16.0 Å². The monoisotopic (exact) mass is 449 g/mol. The highest BCUT2D eigenvalue weighted by molar-refractivity contribution is 7.89. The molecule has 1 aliphatic carbocycles. The van der Waals surface area contributed by atoms with Crippen molar-refractivity contribution in [2.75, 3.05) is 40.8 Å². The van der Waals surface area contributed by atoms with Crippen molar-refractivity contribution in [3.63, 3.8) is 0 Å². The predicted molar refractivity (Wildman–Crippen MR) is 127 cm³/mol. The lowest BCUT2D eigenvalue weighted by atomic mass is 9.79. The Hall–Kier alpha value is -1.64. The van der Waals surface area contributed by atoms with Gasteiger partial charge >= 0.3 is 0 Å². The largest absolute Gasteiger partial charge is 0.355 e. The molecule has 0 unspecified atom stereocenters. The standard InChI is InChI=1S/C23H39N5O2S/c1-24-22(25-18-20-12-6-7-13-21(20)31(29,30)27(2)3)26-19-23(14-8-4-9-15-23)28-16-10-5-11-17-28/h6-7,12-13H,4-5,8-11,14-19H2,1-3H3,(H2,24,25,26). The minimum atomic E-state index is -3.49. The molecule has 1 saturated heterocycles. The van der Waals surface area contributed by atoms with Crippen LogP contribution in [0.4, 0.5) is 0 Å². The molecule has 1 heterocycles. The van der Waals surface area contributed by atoms with E-state index in [0.717, 1.165) is 18.1 Å². The molecule has 7 nitrogen and oxygen atoms in total. The molecule has 2 fully saturated rings. The number of guanidine groups is 1. The summed E-state index contributed by atoms with van der Waals surface area (Å²) >= 11 is 0. The number of piperidine rings is 1. The van der Waals surface area contributed by atoms with Crippen LogP contribution in [-0.2, 0) is 16.6 Å². The summed E-state index contributed by atoms with van der Waals surface area (Å²) in [6, 6.07) is 7.15. The van der Waals surface area contributed by atoms with E-state index < -0.39 is 10.0 Å². The van der Waals surface area contributed by atoms with Crippen molar-refractivity contribution in [2.24, 2.45) is 4.99 Å². The van der Waals surface area contributed by atoms with Gasteiger partial charge in [-0.15, -0.1) is 0 Å². The number of hydrogen-bond donors (Lipinski definition) is 2. The third kappa shape index (κ3) is 5.79. The fraction of sp³-hybridized carbons (Fsp3) is 0.696. The Morgan fingerprint density at radius 3 is 2.32 bits per heavy atom. The van der Waals surface area contributed by atoms with Crippen LogP contribution in [0.5, 0.6) is 0 Å². The normalized spacial score (nSPS) is 20.6.